The molecule has 4 nitrogen and oxygen atoms in total. The standard InChI is InChI=1S/C14H20BrNO3S/c1-11-4-5-12(15)10-13(11)20(18,19)16-8-3-6-14(2,17)7-9-16/h4-5,10,17H,3,6-9H2,1-2H3. The van der Waals surface area contributed by atoms with Gasteiger partial charge in [-0.05, 0) is 50.8 Å². The van der Waals surface area contributed by atoms with Crippen LogP contribution in [0.5, 0.6) is 0 Å². The van der Waals surface area contributed by atoms with Crippen molar-refractivity contribution >= 4 is 26.0 Å². The fraction of sp³-hybridized carbons (Fsp3) is 0.571. The van der Waals surface area contributed by atoms with Crippen molar-refractivity contribution in [3.63, 3.8) is 0 Å². The number of sulfonamides is 1. The zero-order valence-corrected chi connectivity index (χ0v) is 14.2. The summed E-state index contributed by atoms with van der Waals surface area (Å²) in [5, 5.41) is 10.1. The highest BCUT2D eigenvalue weighted by Gasteiger charge is 2.32. The molecule has 0 spiro atoms. The molecule has 0 amide bonds. The van der Waals surface area contributed by atoms with E-state index in [1.807, 2.05) is 6.07 Å². The van der Waals surface area contributed by atoms with Crippen LogP contribution in [0, 0.1) is 6.92 Å². The SMILES string of the molecule is Cc1ccc(Br)cc1S(=O)(=O)N1CCCC(C)(O)CC1. The van der Waals surface area contributed by atoms with Gasteiger partial charge < -0.3 is 5.11 Å². The number of rotatable bonds is 2. The molecule has 0 aliphatic carbocycles. The minimum absolute atomic E-state index is 0.341. The first-order chi connectivity index (χ1) is 9.22. The van der Waals surface area contributed by atoms with Crippen LogP contribution in [0.25, 0.3) is 0 Å². The summed E-state index contributed by atoms with van der Waals surface area (Å²) in [6, 6.07) is 5.28. The van der Waals surface area contributed by atoms with E-state index >= 15 is 0 Å². The Morgan fingerprint density at radius 3 is 2.70 bits per heavy atom. The monoisotopic (exact) mass is 361 g/mol. The van der Waals surface area contributed by atoms with Crippen LogP contribution in [0.2, 0.25) is 0 Å². The third kappa shape index (κ3) is 3.42. The van der Waals surface area contributed by atoms with E-state index < -0.39 is 15.6 Å². The summed E-state index contributed by atoms with van der Waals surface area (Å²) in [6.07, 6.45) is 1.79. The van der Waals surface area contributed by atoms with Crippen LogP contribution in [0.15, 0.2) is 27.6 Å². The average molecular weight is 362 g/mol. The highest BCUT2D eigenvalue weighted by Crippen LogP contribution is 2.28. The summed E-state index contributed by atoms with van der Waals surface area (Å²) in [6.45, 7) is 4.40. The third-order valence-electron chi connectivity index (χ3n) is 3.79. The van der Waals surface area contributed by atoms with E-state index in [-0.39, 0.29) is 0 Å². The molecule has 112 valence electrons. The van der Waals surface area contributed by atoms with Gasteiger partial charge in [0, 0.05) is 17.6 Å². The van der Waals surface area contributed by atoms with Gasteiger partial charge in [0.25, 0.3) is 0 Å². The highest BCUT2D eigenvalue weighted by molar-refractivity contribution is 9.10. The van der Waals surface area contributed by atoms with Crippen molar-refractivity contribution in [3.8, 4) is 0 Å². The Balaban J connectivity index is 2.33. The number of hydrogen-bond acceptors (Lipinski definition) is 3. The maximum absolute atomic E-state index is 12.7. The maximum atomic E-state index is 12.7. The molecule has 1 N–H and O–H groups in total. The third-order valence-corrected chi connectivity index (χ3v) is 6.32. The molecule has 1 fully saturated rings. The van der Waals surface area contributed by atoms with Gasteiger partial charge in [-0.2, -0.15) is 4.31 Å². The molecular formula is C14H20BrNO3S. The molecule has 0 aromatic heterocycles. The molecule has 2 rings (SSSR count). The second-order valence-corrected chi connectivity index (χ2v) is 8.49. The summed E-state index contributed by atoms with van der Waals surface area (Å²) in [5.41, 5.74) is -0.0273. The number of halogens is 1. The van der Waals surface area contributed by atoms with Gasteiger partial charge in [0.2, 0.25) is 10.0 Å². The first kappa shape index (κ1) is 15.9. The summed E-state index contributed by atoms with van der Waals surface area (Å²) < 4.78 is 27.7. The van der Waals surface area contributed by atoms with Crippen LogP contribution in [-0.2, 0) is 10.0 Å². The van der Waals surface area contributed by atoms with Gasteiger partial charge in [-0.25, -0.2) is 8.42 Å². The minimum atomic E-state index is -3.50. The molecule has 1 heterocycles. The van der Waals surface area contributed by atoms with E-state index in [1.165, 1.54) is 4.31 Å². The number of nitrogens with zero attached hydrogens (tertiary/aromatic N) is 1. The molecule has 20 heavy (non-hydrogen) atoms. The molecule has 1 aliphatic rings. The largest absolute Gasteiger partial charge is 0.390 e. The molecule has 0 saturated carbocycles. The van der Waals surface area contributed by atoms with Gasteiger partial charge in [0.05, 0.1) is 10.5 Å². The molecule has 1 aliphatic heterocycles. The molecule has 1 atom stereocenters. The predicted molar refractivity (Wildman–Crippen MR) is 82.1 cm³/mol. The van der Waals surface area contributed by atoms with Crippen molar-refractivity contribution in [2.45, 2.75) is 43.6 Å². The number of hydrogen-bond donors (Lipinski definition) is 1. The molecule has 1 aromatic carbocycles. The first-order valence-corrected chi connectivity index (χ1v) is 8.94. The summed E-state index contributed by atoms with van der Waals surface area (Å²) >= 11 is 3.32. The molecule has 1 saturated heterocycles. The lowest BCUT2D eigenvalue weighted by atomic mass is 9.98. The quantitative estimate of drug-likeness (QED) is 0.880. The molecule has 0 bridgehead atoms. The number of aliphatic hydroxyl groups is 1. The van der Waals surface area contributed by atoms with E-state index in [0.29, 0.717) is 37.2 Å². The van der Waals surface area contributed by atoms with Crippen molar-refractivity contribution in [3.05, 3.63) is 28.2 Å². The second kappa shape index (κ2) is 5.75. The highest BCUT2D eigenvalue weighted by atomic mass is 79.9. The molecule has 1 aromatic rings. The summed E-state index contributed by atoms with van der Waals surface area (Å²) in [7, 11) is -3.50. The van der Waals surface area contributed by atoms with Crippen LogP contribution in [0.1, 0.15) is 31.7 Å². The van der Waals surface area contributed by atoms with Gasteiger partial charge >= 0.3 is 0 Å². The lowest BCUT2D eigenvalue weighted by Gasteiger charge is -2.23. The number of aryl methyl sites for hydroxylation is 1. The van der Waals surface area contributed by atoms with E-state index in [9.17, 15) is 13.5 Å². The van der Waals surface area contributed by atoms with Gasteiger partial charge in [-0.15, -0.1) is 0 Å². The van der Waals surface area contributed by atoms with Crippen LogP contribution in [0.3, 0.4) is 0 Å². The maximum Gasteiger partial charge on any atom is 0.243 e. The van der Waals surface area contributed by atoms with E-state index in [0.717, 1.165) is 10.0 Å². The van der Waals surface area contributed by atoms with E-state index in [4.69, 9.17) is 0 Å². The van der Waals surface area contributed by atoms with Crippen LogP contribution in [0.4, 0.5) is 0 Å². The molecule has 6 heteroatoms. The van der Waals surface area contributed by atoms with Crippen molar-refractivity contribution in [2.75, 3.05) is 13.1 Å². The fourth-order valence-corrected chi connectivity index (χ4v) is 4.71. The van der Waals surface area contributed by atoms with Crippen LogP contribution < -0.4 is 0 Å². The zero-order valence-electron chi connectivity index (χ0n) is 11.8. The van der Waals surface area contributed by atoms with Gasteiger partial charge in [0.15, 0.2) is 0 Å². The second-order valence-electron chi connectivity index (χ2n) is 5.66. The van der Waals surface area contributed by atoms with Crippen molar-refractivity contribution in [1.82, 2.24) is 4.31 Å². The topological polar surface area (TPSA) is 57.6 Å². The fourth-order valence-electron chi connectivity index (χ4n) is 2.47. The van der Waals surface area contributed by atoms with Gasteiger partial charge in [-0.1, -0.05) is 22.0 Å². The Labute approximate surface area is 129 Å². The average Bonchev–Trinajstić information content (AvgIpc) is 2.53. The Morgan fingerprint density at radius 1 is 1.30 bits per heavy atom. The first-order valence-electron chi connectivity index (χ1n) is 6.71. The number of benzene rings is 1. The Morgan fingerprint density at radius 2 is 2.00 bits per heavy atom. The zero-order chi connectivity index (χ0) is 15.0. The van der Waals surface area contributed by atoms with E-state index in [2.05, 4.69) is 15.9 Å². The van der Waals surface area contributed by atoms with Crippen LogP contribution >= 0.6 is 15.9 Å². The van der Waals surface area contributed by atoms with Gasteiger partial charge in [0.1, 0.15) is 0 Å². The minimum Gasteiger partial charge on any atom is -0.390 e. The van der Waals surface area contributed by atoms with Crippen molar-refractivity contribution in [1.29, 1.82) is 0 Å². The Hall–Kier alpha value is -0.430. The Bertz CT molecular complexity index is 598. The van der Waals surface area contributed by atoms with Gasteiger partial charge in [-0.3, -0.25) is 0 Å². The summed E-state index contributed by atoms with van der Waals surface area (Å²) in [5.74, 6) is 0. The smallest absolute Gasteiger partial charge is 0.243 e. The predicted octanol–water partition coefficient (Wildman–Crippen LogP) is 2.68. The lowest BCUT2D eigenvalue weighted by Crippen LogP contribution is -2.34. The summed E-state index contributed by atoms with van der Waals surface area (Å²) in [4.78, 5) is 0.341. The van der Waals surface area contributed by atoms with E-state index in [1.54, 1.807) is 26.0 Å². The molecule has 0 radical (unpaired) electrons. The van der Waals surface area contributed by atoms with Crippen molar-refractivity contribution < 1.29 is 13.5 Å². The van der Waals surface area contributed by atoms with Crippen molar-refractivity contribution in [2.24, 2.45) is 0 Å². The lowest BCUT2D eigenvalue weighted by molar-refractivity contribution is 0.0465. The Kier molecular flexibility index (Phi) is 4.59. The molecular weight excluding hydrogens is 342 g/mol. The normalized spacial score (nSPS) is 25.4. The molecule has 1 unspecified atom stereocenters. The van der Waals surface area contributed by atoms with Crippen LogP contribution in [-0.4, -0.2) is 36.5 Å².